The lowest BCUT2D eigenvalue weighted by molar-refractivity contribution is 0.305. The molecule has 0 fully saturated rings. The average molecular weight is 485 g/mol. The summed E-state index contributed by atoms with van der Waals surface area (Å²) in [6.07, 6.45) is 8.67. The zero-order valence-electron chi connectivity index (χ0n) is 19.6. The zero-order valence-corrected chi connectivity index (χ0v) is 19.6. The molecule has 178 valence electrons. The molecule has 0 atom stereocenters. The minimum Gasteiger partial charge on any atom is -0.487 e. The van der Waals surface area contributed by atoms with E-state index in [1.807, 2.05) is 66.7 Å². The third kappa shape index (κ3) is 3.90. The van der Waals surface area contributed by atoms with Crippen molar-refractivity contribution in [3.8, 4) is 39.5 Å². The number of pyridine rings is 3. The lowest BCUT2D eigenvalue weighted by Crippen LogP contribution is -1.96. The molecular weight excluding hydrogens is 464 g/mol. The Balaban J connectivity index is 1.24. The molecule has 8 nitrogen and oxygen atoms in total. The Kier molecular flexibility index (Phi) is 4.99. The number of nitrogens with zero attached hydrogens (tertiary/aromatic N) is 4. The predicted molar refractivity (Wildman–Crippen MR) is 141 cm³/mol. The lowest BCUT2D eigenvalue weighted by atomic mass is 10.1. The number of H-pyrrole nitrogens is 2. The van der Waals surface area contributed by atoms with Crippen LogP contribution < -0.4 is 4.74 Å². The van der Waals surface area contributed by atoms with E-state index in [-0.39, 0.29) is 0 Å². The maximum atomic E-state index is 5.97. The molecule has 8 heteroatoms. The van der Waals surface area contributed by atoms with Gasteiger partial charge in [0.1, 0.15) is 29.2 Å². The van der Waals surface area contributed by atoms with E-state index in [1.165, 1.54) is 0 Å². The van der Waals surface area contributed by atoms with E-state index >= 15 is 0 Å². The summed E-state index contributed by atoms with van der Waals surface area (Å²) < 4.78 is 11.3. The largest absolute Gasteiger partial charge is 0.487 e. The molecule has 0 saturated heterocycles. The zero-order chi connectivity index (χ0) is 24.6. The molecule has 0 spiro atoms. The van der Waals surface area contributed by atoms with Gasteiger partial charge in [-0.1, -0.05) is 30.3 Å². The standard InChI is InChI=1S/C29H20N6O2/c1-2-4-18(5-3-1)16-37-21-12-20(14-30-15-21)24-6-7-25-27(32-24)28(35-34-25)26-13-23-22(19-9-11-36-17-19)8-10-31-29(23)33-26/h1-15,17H,16H2,(H,31,33)(H,34,35). The maximum absolute atomic E-state index is 5.97. The van der Waals surface area contributed by atoms with Gasteiger partial charge in [0.05, 0.1) is 35.6 Å². The van der Waals surface area contributed by atoms with Crippen LogP contribution in [0.15, 0.2) is 102 Å². The number of rotatable bonds is 6. The summed E-state index contributed by atoms with van der Waals surface area (Å²) in [5, 5.41) is 8.64. The van der Waals surface area contributed by atoms with Gasteiger partial charge in [-0.3, -0.25) is 10.1 Å². The summed E-state index contributed by atoms with van der Waals surface area (Å²) in [5.74, 6) is 0.684. The maximum Gasteiger partial charge on any atom is 0.138 e. The van der Waals surface area contributed by atoms with Crippen LogP contribution >= 0.6 is 0 Å². The second kappa shape index (κ2) is 8.76. The summed E-state index contributed by atoms with van der Waals surface area (Å²) in [6, 6.07) is 21.9. The molecule has 6 aromatic heterocycles. The number of nitrogens with one attached hydrogen (secondary N) is 2. The van der Waals surface area contributed by atoms with Gasteiger partial charge >= 0.3 is 0 Å². The van der Waals surface area contributed by atoms with Crippen LogP contribution in [0.25, 0.3) is 55.8 Å². The molecule has 0 aliphatic heterocycles. The molecule has 6 heterocycles. The molecule has 1 aromatic carbocycles. The monoisotopic (exact) mass is 484 g/mol. The number of hydrogen-bond acceptors (Lipinski definition) is 6. The number of fused-ring (bicyclic) bond motifs is 2. The SMILES string of the molecule is c1ccc(COc2cncc(-c3ccc4[nH]nc(-c5cc6c(-c7ccoc7)ccnc6[nH]5)c4n3)c2)cc1. The molecule has 7 aromatic rings. The van der Waals surface area contributed by atoms with Crippen molar-refractivity contribution in [3.63, 3.8) is 0 Å². The van der Waals surface area contributed by atoms with Crippen molar-refractivity contribution < 1.29 is 9.15 Å². The Morgan fingerprint density at radius 2 is 1.86 bits per heavy atom. The van der Waals surface area contributed by atoms with Crippen molar-refractivity contribution in [1.82, 2.24) is 30.1 Å². The second-order valence-corrected chi connectivity index (χ2v) is 8.66. The van der Waals surface area contributed by atoms with Crippen molar-refractivity contribution >= 4 is 22.1 Å². The van der Waals surface area contributed by atoms with E-state index in [9.17, 15) is 0 Å². The molecule has 0 saturated carbocycles. The van der Waals surface area contributed by atoms with Crippen LogP contribution in [0.5, 0.6) is 5.75 Å². The molecular formula is C29H20N6O2. The quantitative estimate of drug-likeness (QED) is 0.283. The Morgan fingerprint density at radius 3 is 2.76 bits per heavy atom. The summed E-state index contributed by atoms with van der Waals surface area (Å²) in [7, 11) is 0. The summed E-state index contributed by atoms with van der Waals surface area (Å²) in [4.78, 5) is 17.2. The number of furan rings is 1. The van der Waals surface area contributed by atoms with Gasteiger partial charge in [-0.25, -0.2) is 9.97 Å². The van der Waals surface area contributed by atoms with E-state index < -0.39 is 0 Å². The van der Waals surface area contributed by atoms with Crippen LogP contribution in [0.3, 0.4) is 0 Å². The minimum atomic E-state index is 0.472. The fraction of sp³-hybridized carbons (Fsp3) is 0.0345. The molecule has 37 heavy (non-hydrogen) atoms. The number of aromatic amines is 2. The van der Waals surface area contributed by atoms with Gasteiger partial charge in [-0.15, -0.1) is 0 Å². The highest BCUT2D eigenvalue weighted by atomic mass is 16.5. The highest BCUT2D eigenvalue weighted by Crippen LogP contribution is 2.33. The smallest absolute Gasteiger partial charge is 0.138 e. The van der Waals surface area contributed by atoms with E-state index in [2.05, 4.69) is 25.1 Å². The van der Waals surface area contributed by atoms with Crippen molar-refractivity contribution in [1.29, 1.82) is 0 Å². The van der Waals surface area contributed by atoms with Crippen molar-refractivity contribution in [3.05, 3.63) is 103 Å². The van der Waals surface area contributed by atoms with Crippen LogP contribution in [-0.4, -0.2) is 30.1 Å². The van der Waals surface area contributed by atoms with E-state index in [0.29, 0.717) is 12.4 Å². The van der Waals surface area contributed by atoms with E-state index in [4.69, 9.17) is 14.1 Å². The Labute approximate surface area is 211 Å². The molecule has 7 rings (SSSR count). The van der Waals surface area contributed by atoms with Crippen molar-refractivity contribution in [2.45, 2.75) is 6.61 Å². The molecule has 2 N–H and O–H groups in total. The molecule has 0 aliphatic rings. The molecule has 0 amide bonds. The van der Waals surface area contributed by atoms with Crippen LogP contribution in [0.4, 0.5) is 0 Å². The number of benzene rings is 1. The predicted octanol–water partition coefficient (Wildman–Crippen LogP) is 6.40. The summed E-state index contributed by atoms with van der Waals surface area (Å²) in [5.41, 5.74) is 8.67. The van der Waals surface area contributed by atoms with Crippen molar-refractivity contribution in [2.75, 3.05) is 0 Å². The van der Waals surface area contributed by atoms with Gasteiger partial charge in [-0.05, 0) is 47.5 Å². The van der Waals surface area contributed by atoms with Gasteiger partial charge in [0, 0.05) is 28.9 Å². The first-order valence-corrected chi connectivity index (χ1v) is 11.8. The van der Waals surface area contributed by atoms with Crippen LogP contribution in [0.2, 0.25) is 0 Å². The first-order valence-electron chi connectivity index (χ1n) is 11.8. The Morgan fingerprint density at radius 1 is 0.919 bits per heavy atom. The number of aromatic nitrogens is 6. The highest BCUT2D eigenvalue weighted by Gasteiger charge is 2.16. The fourth-order valence-electron chi connectivity index (χ4n) is 4.45. The third-order valence-electron chi connectivity index (χ3n) is 6.28. The summed E-state index contributed by atoms with van der Waals surface area (Å²) >= 11 is 0. The Hall–Kier alpha value is -5.24. The third-order valence-corrected chi connectivity index (χ3v) is 6.28. The number of hydrogen-bond donors (Lipinski definition) is 2. The topological polar surface area (TPSA) is 106 Å². The number of ether oxygens (including phenoxy) is 1. The first kappa shape index (κ1) is 21.1. The minimum absolute atomic E-state index is 0.472. The van der Waals surface area contributed by atoms with Gasteiger partial charge in [0.25, 0.3) is 0 Å². The van der Waals surface area contributed by atoms with E-state index in [0.717, 1.165) is 61.4 Å². The first-order chi connectivity index (χ1) is 18.3. The van der Waals surface area contributed by atoms with Gasteiger partial charge in [-0.2, -0.15) is 5.10 Å². The molecule has 0 radical (unpaired) electrons. The highest BCUT2D eigenvalue weighted by molar-refractivity contribution is 5.98. The molecule has 0 aliphatic carbocycles. The lowest BCUT2D eigenvalue weighted by Gasteiger charge is -2.08. The van der Waals surface area contributed by atoms with Crippen LogP contribution in [0.1, 0.15) is 5.56 Å². The van der Waals surface area contributed by atoms with Gasteiger partial charge in [0.2, 0.25) is 0 Å². The Bertz CT molecular complexity index is 1840. The second-order valence-electron chi connectivity index (χ2n) is 8.66. The van der Waals surface area contributed by atoms with Crippen LogP contribution in [0, 0.1) is 0 Å². The molecule has 0 bridgehead atoms. The normalized spacial score (nSPS) is 11.4. The van der Waals surface area contributed by atoms with Crippen LogP contribution in [-0.2, 0) is 6.61 Å². The van der Waals surface area contributed by atoms with Crippen molar-refractivity contribution in [2.24, 2.45) is 0 Å². The van der Waals surface area contributed by atoms with Gasteiger partial charge < -0.3 is 14.1 Å². The summed E-state index contributed by atoms with van der Waals surface area (Å²) in [6.45, 7) is 0.472. The average Bonchev–Trinajstić information content (AvgIpc) is 3.71. The molecule has 0 unspecified atom stereocenters. The van der Waals surface area contributed by atoms with Gasteiger partial charge in [0.15, 0.2) is 0 Å². The fourth-order valence-corrected chi connectivity index (χ4v) is 4.45. The van der Waals surface area contributed by atoms with E-state index in [1.54, 1.807) is 31.1 Å².